The topological polar surface area (TPSA) is 54.2 Å². The van der Waals surface area contributed by atoms with Crippen LogP contribution in [-0.2, 0) is 6.42 Å². The first-order valence-corrected chi connectivity index (χ1v) is 7.11. The van der Waals surface area contributed by atoms with E-state index in [-0.39, 0.29) is 0 Å². The van der Waals surface area contributed by atoms with Gasteiger partial charge in [0.25, 0.3) is 0 Å². The van der Waals surface area contributed by atoms with Crippen LogP contribution in [0.3, 0.4) is 0 Å². The Morgan fingerprint density at radius 3 is 2.78 bits per heavy atom. The summed E-state index contributed by atoms with van der Waals surface area (Å²) in [6, 6.07) is 2.26. The molecule has 0 saturated carbocycles. The van der Waals surface area contributed by atoms with Crippen LogP contribution in [0.2, 0.25) is 0 Å². The van der Waals surface area contributed by atoms with E-state index in [0.717, 1.165) is 43.5 Å². The zero-order chi connectivity index (χ0) is 12.4. The Morgan fingerprint density at radius 1 is 1.39 bits per heavy atom. The van der Waals surface area contributed by atoms with Crippen molar-refractivity contribution in [2.24, 2.45) is 0 Å². The van der Waals surface area contributed by atoms with Gasteiger partial charge in [0, 0.05) is 31.1 Å². The van der Waals surface area contributed by atoms with Crippen molar-refractivity contribution in [3.8, 4) is 0 Å². The van der Waals surface area contributed by atoms with Crippen LogP contribution in [0.1, 0.15) is 38.4 Å². The Morgan fingerprint density at radius 2 is 2.17 bits per heavy atom. The van der Waals surface area contributed by atoms with Crippen LogP contribution in [0.25, 0.3) is 0 Å². The molecular weight excluding hydrogens is 228 g/mol. The number of hydrogen-bond acceptors (Lipinski definition) is 5. The first-order valence-electron chi connectivity index (χ1n) is 7.11. The molecule has 2 aliphatic heterocycles. The van der Waals surface area contributed by atoms with Gasteiger partial charge in [0.1, 0.15) is 0 Å². The first kappa shape index (κ1) is 12.1. The molecule has 2 bridgehead atoms. The van der Waals surface area contributed by atoms with Crippen LogP contribution in [0.5, 0.6) is 0 Å². The molecule has 0 radical (unpaired) electrons. The standard InChI is InChI=1S/C13H22N4O/c1-2-14-10-7-11-3-4-12(8-10)17(11)6-5-13-15-9-18-16-13/h9-12,14H,2-8H2,1H3. The number of aromatic nitrogens is 2. The maximum absolute atomic E-state index is 4.78. The Balaban J connectivity index is 1.55. The molecule has 100 valence electrons. The molecule has 5 nitrogen and oxygen atoms in total. The van der Waals surface area contributed by atoms with E-state index in [1.165, 1.54) is 32.1 Å². The molecule has 0 aliphatic carbocycles. The zero-order valence-corrected chi connectivity index (χ0v) is 11.0. The van der Waals surface area contributed by atoms with Gasteiger partial charge < -0.3 is 9.84 Å². The summed E-state index contributed by atoms with van der Waals surface area (Å²) in [5.74, 6) is 0.836. The molecule has 1 N–H and O–H groups in total. The van der Waals surface area contributed by atoms with E-state index in [4.69, 9.17) is 4.52 Å². The molecular formula is C13H22N4O. The molecule has 0 amide bonds. The quantitative estimate of drug-likeness (QED) is 0.851. The van der Waals surface area contributed by atoms with Crippen molar-refractivity contribution in [1.82, 2.24) is 20.4 Å². The lowest BCUT2D eigenvalue weighted by Crippen LogP contribution is -2.49. The van der Waals surface area contributed by atoms with Gasteiger partial charge in [-0.25, -0.2) is 0 Å². The first-order chi connectivity index (χ1) is 8.86. The monoisotopic (exact) mass is 250 g/mol. The SMILES string of the molecule is CCNC1CC2CCC(C1)N2CCc1ncon1. The van der Waals surface area contributed by atoms with Gasteiger partial charge in [0.05, 0.1) is 0 Å². The lowest BCUT2D eigenvalue weighted by molar-refractivity contribution is 0.118. The highest BCUT2D eigenvalue weighted by Crippen LogP contribution is 2.35. The third kappa shape index (κ3) is 2.42. The van der Waals surface area contributed by atoms with Crippen molar-refractivity contribution in [2.75, 3.05) is 13.1 Å². The Labute approximate surface area is 108 Å². The zero-order valence-electron chi connectivity index (χ0n) is 11.0. The summed E-state index contributed by atoms with van der Waals surface area (Å²) in [5.41, 5.74) is 0. The Kier molecular flexibility index (Phi) is 3.61. The van der Waals surface area contributed by atoms with Gasteiger partial charge in [-0.2, -0.15) is 4.98 Å². The minimum absolute atomic E-state index is 0.730. The number of nitrogens with zero attached hydrogens (tertiary/aromatic N) is 3. The van der Waals surface area contributed by atoms with Crippen molar-refractivity contribution in [2.45, 2.75) is 57.2 Å². The average Bonchev–Trinajstić information content (AvgIpc) is 2.94. The van der Waals surface area contributed by atoms with Crippen LogP contribution in [0.4, 0.5) is 0 Å². The second kappa shape index (κ2) is 5.36. The lowest BCUT2D eigenvalue weighted by Gasteiger charge is -2.39. The number of piperidine rings is 1. The molecule has 1 aromatic heterocycles. The summed E-state index contributed by atoms with van der Waals surface area (Å²) < 4.78 is 4.78. The molecule has 2 aliphatic rings. The lowest BCUT2D eigenvalue weighted by atomic mass is 9.97. The predicted octanol–water partition coefficient (Wildman–Crippen LogP) is 1.22. The second-order valence-electron chi connectivity index (χ2n) is 5.45. The maximum atomic E-state index is 4.78. The van der Waals surface area contributed by atoms with E-state index < -0.39 is 0 Å². The largest absolute Gasteiger partial charge is 0.343 e. The summed E-state index contributed by atoms with van der Waals surface area (Å²) in [7, 11) is 0. The van der Waals surface area contributed by atoms with Crippen LogP contribution in [0, 0.1) is 0 Å². The highest BCUT2D eigenvalue weighted by Gasteiger charge is 2.39. The van der Waals surface area contributed by atoms with Crippen molar-refractivity contribution in [3.63, 3.8) is 0 Å². The number of nitrogens with one attached hydrogen (secondary N) is 1. The molecule has 2 fully saturated rings. The van der Waals surface area contributed by atoms with E-state index >= 15 is 0 Å². The molecule has 0 aromatic carbocycles. The van der Waals surface area contributed by atoms with E-state index in [2.05, 4.69) is 27.3 Å². The smallest absolute Gasteiger partial charge is 0.213 e. The molecule has 5 heteroatoms. The molecule has 2 unspecified atom stereocenters. The fraction of sp³-hybridized carbons (Fsp3) is 0.846. The van der Waals surface area contributed by atoms with Gasteiger partial charge in [0.2, 0.25) is 6.39 Å². The molecule has 2 saturated heterocycles. The highest BCUT2D eigenvalue weighted by molar-refractivity contribution is 4.98. The van der Waals surface area contributed by atoms with Crippen molar-refractivity contribution < 1.29 is 4.52 Å². The third-order valence-corrected chi connectivity index (χ3v) is 4.38. The van der Waals surface area contributed by atoms with Gasteiger partial charge in [0.15, 0.2) is 5.82 Å². The van der Waals surface area contributed by atoms with Gasteiger partial charge in [-0.05, 0) is 32.2 Å². The summed E-state index contributed by atoms with van der Waals surface area (Å²) in [4.78, 5) is 6.77. The minimum Gasteiger partial charge on any atom is -0.343 e. The van der Waals surface area contributed by atoms with Gasteiger partial charge in [-0.15, -0.1) is 0 Å². The molecule has 3 heterocycles. The van der Waals surface area contributed by atoms with E-state index in [1.807, 2.05) is 0 Å². The summed E-state index contributed by atoms with van der Waals surface area (Å²) in [6.07, 6.45) is 7.65. The van der Waals surface area contributed by atoms with E-state index in [1.54, 1.807) is 0 Å². The number of fused-ring (bicyclic) bond motifs is 2. The fourth-order valence-corrected chi connectivity index (χ4v) is 3.63. The van der Waals surface area contributed by atoms with E-state index in [9.17, 15) is 0 Å². The molecule has 18 heavy (non-hydrogen) atoms. The third-order valence-electron chi connectivity index (χ3n) is 4.38. The Hall–Kier alpha value is -0.940. The van der Waals surface area contributed by atoms with Crippen LogP contribution < -0.4 is 5.32 Å². The Bertz CT molecular complexity index is 353. The van der Waals surface area contributed by atoms with E-state index in [0.29, 0.717) is 0 Å². The van der Waals surface area contributed by atoms with Gasteiger partial charge in [-0.3, -0.25) is 4.90 Å². The van der Waals surface area contributed by atoms with Gasteiger partial charge >= 0.3 is 0 Å². The molecule has 0 spiro atoms. The summed E-state index contributed by atoms with van der Waals surface area (Å²) >= 11 is 0. The minimum atomic E-state index is 0.730. The average molecular weight is 250 g/mol. The van der Waals surface area contributed by atoms with Gasteiger partial charge in [-0.1, -0.05) is 12.1 Å². The van der Waals surface area contributed by atoms with Crippen molar-refractivity contribution in [1.29, 1.82) is 0 Å². The fourth-order valence-electron chi connectivity index (χ4n) is 3.63. The second-order valence-corrected chi connectivity index (χ2v) is 5.45. The summed E-state index contributed by atoms with van der Waals surface area (Å²) in [6.45, 7) is 4.37. The van der Waals surface area contributed by atoms with Crippen molar-refractivity contribution in [3.05, 3.63) is 12.2 Å². The highest BCUT2D eigenvalue weighted by atomic mass is 16.5. The number of rotatable bonds is 5. The van der Waals surface area contributed by atoms with Crippen LogP contribution in [0.15, 0.2) is 10.9 Å². The maximum Gasteiger partial charge on any atom is 0.213 e. The van der Waals surface area contributed by atoms with Crippen LogP contribution >= 0.6 is 0 Å². The van der Waals surface area contributed by atoms with Crippen molar-refractivity contribution >= 4 is 0 Å². The van der Waals surface area contributed by atoms with Crippen LogP contribution in [-0.4, -0.2) is 46.3 Å². The summed E-state index contributed by atoms with van der Waals surface area (Å²) in [5, 5.41) is 7.50. The molecule has 1 aromatic rings. The molecule has 2 atom stereocenters. The normalized spacial score (nSPS) is 31.9. The molecule has 3 rings (SSSR count). The number of hydrogen-bond donors (Lipinski definition) is 1. The predicted molar refractivity (Wildman–Crippen MR) is 68.2 cm³/mol.